The predicted octanol–water partition coefficient (Wildman–Crippen LogP) is 3.54. The van der Waals surface area contributed by atoms with E-state index in [1.54, 1.807) is 28.9 Å². The van der Waals surface area contributed by atoms with Crippen LogP contribution in [0.1, 0.15) is 33.7 Å². The van der Waals surface area contributed by atoms with E-state index in [1.165, 1.54) is 19.2 Å². The van der Waals surface area contributed by atoms with Gasteiger partial charge in [-0.3, -0.25) is 9.59 Å². The number of methoxy groups -OCH3 is 1. The van der Waals surface area contributed by atoms with Crippen LogP contribution in [0.4, 0.5) is 4.39 Å². The first kappa shape index (κ1) is 23.0. The van der Waals surface area contributed by atoms with Crippen LogP contribution in [-0.4, -0.2) is 41.9 Å². The minimum atomic E-state index is -0.371. The van der Waals surface area contributed by atoms with E-state index < -0.39 is 0 Å². The first-order chi connectivity index (χ1) is 15.4. The third-order valence-electron chi connectivity index (χ3n) is 5.07. The molecule has 0 radical (unpaired) electrons. The van der Waals surface area contributed by atoms with Crippen LogP contribution in [0.25, 0.3) is 5.69 Å². The number of ether oxygens (including phenoxy) is 2. The van der Waals surface area contributed by atoms with E-state index in [4.69, 9.17) is 9.47 Å². The molecular formula is C24H26FN3O4. The maximum atomic E-state index is 13.1. The van der Waals surface area contributed by atoms with Crippen LogP contribution in [0.2, 0.25) is 0 Å². The molecular weight excluding hydrogens is 413 g/mol. The topological polar surface area (TPSA) is 82.5 Å². The number of aromatic nitrogens is 2. The zero-order chi connectivity index (χ0) is 23.1. The summed E-state index contributed by atoms with van der Waals surface area (Å²) in [7, 11) is 1.38. The average Bonchev–Trinajstić information content (AvgIpc) is 3.08. The average molecular weight is 439 g/mol. The number of rotatable bonds is 9. The van der Waals surface area contributed by atoms with Gasteiger partial charge < -0.3 is 14.8 Å². The molecule has 1 amide bonds. The van der Waals surface area contributed by atoms with E-state index in [2.05, 4.69) is 10.4 Å². The molecule has 2 aromatic carbocycles. The molecule has 32 heavy (non-hydrogen) atoms. The second kappa shape index (κ2) is 10.6. The van der Waals surface area contributed by atoms with E-state index in [1.807, 2.05) is 26.0 Å². The number of aryl methyl sites for hydroxylation is 1. The van der Waals surface area contributed by atoms with Crippen molar-refractivity contribution in [3.05, 3.63) is 76.9 Å². The van der Waals surface area contributed by atoms with E-state index in [9.17, 15) is 14.0 Å². The number of halogens is 1. The molecule has 168 valence electrons. The van der Waals surface area contributed by atoms with E-state index in [-0.39, 0.29) is 30.8 Å². The zero-order valence-electron chi connectivity index (χ0n) is 18.4. The number of esters is 1. The van der Waals surface area contributed by atoms with Crippen LogP contribution in [-0.2, 0) is 16.0 Å². The molecule has 0 atom stereocenters. The molecule has 0 aliphatic rings. The van der Waals surface area contributed by atoms with Crippen molar-refractivity contribution in [2.75, 3.05) is 20.3 Å². The lowest BCUT2D eigenvalue weighted by atomic mass is 10.1. The molecule has 3 rings (SSSR count). The quantitative estimate of drug-likeness (QED) is 0.407. The molecule has 0 aliphatic heterocycles. The van der Waals surface area contributed by atoms with Crippen molar-refractivity contribution in [2.45, 2.75) is 26.7 Å². The van der Waals surface area contributed by atoms with Gasteiger partial charge in [0.2, 0.25) is 0 Å². The highest BCUT2D eigenvalue weighted by molar-refractivity contribution is 5.94. The maximum absolute atomic E-state index is 13.1. The van der Waals surface area contributed by atoms with Crippen LogP contribution >= 0.6 is 0 Å². The third kappa shape index (κ3) is 5.72. The van der Waals surface area contributed by atoms with Crippen LogP contribution < -0.4 is 10.1 Å². The van der Waals surface area contributed by atoms with E-state index >= 15 is 0 Å². The smallest absolute Gasteiger partial charge is 0.305 e. The summed E-state index contributed by atoms with van der Waals surface area (Å²) in [5, 5.41) is 7.35. The Bertz CT molecular complexity index is 1090. The molecule has 0 bridgehead atoms. The lowest BCUT2D eigenvalue weighted by Gasteiger charge is -2.09. The molecule has 1 N–H and O–H groups in total. The second-order valence-corrected chi connectivity index (χ2v) is 7.25. The molecule has 0 unspecified atom stereocenters. The summed E-state index contributed by atoms with van der Waals surface area (Å²) >= 11 is 0. The number of carbonyl (C=O) groups excluding carboxylic acids is 2. The zero-order valence-corrected chi connectivity index (χ0v) is 18.4. The van der Waals surface area contributed by atoms with Gasteiger partial charge in [0, 0.05) is 23.7 Å². The third-order valence-corrected chi connectivity index (χ3v) is 5.07. The molecule has 1 heterocycles. The summed E-state index contributed by atoms with van der Waals surface area (Å²) in [6.45, 7) is 4.38. The van der Waals surface area contributed by atoms with Gasteiger partial charge >= 0.3 is 5.97 Å². The fourth-order valence-electron chi connectivity index (χ4n) is 3.36. The van der Waals surface area contributed by atoms with Gasteiger partial charge in [-0.2, -0.15) is 5.10 Å². The summed E-state index contributed by atoms with van der Waals surface area (Å²) in [4.78, 5) is 23.8. The van der Waals surface area contributed by atoms with E-state index in [0.29, 0.717) is 24.2 Å². The summed E-state index contributed by atoms with van der Waals surface area (Å²) < 4.78 is 25.1. The number of hydrogen-bond acceptors (Lipinski definition) is 5. The lowest BCUT2D eigenvalue weighted by molar-refractivity contribution is -0.140. The number of benzene rings is 2. The first-order valence-electron chi connectivity index (χ1n) is 10.3. The van der Waals surface area contributed by atoms with Crippen molar-refractivity contribution in [3.8, 4) is 11.4 Å². The van der Waals surface area contributed by atoms with Crippen LogP contribution in [0, 0.1) is 19.7 Å². The van der Waals surface area contributed by atoms with Gasteiger partial charge in [-0.1, -0.05) is 6.07 Å². The van der Waals surface area contributed by atoms with Gasteiger partial charge in [0.05, 0.1) is 25.0 Å². The fraction of sp³-hybridized carbons (Fsp3) is 0.292. The van der Waals surface area contributed by atoms with Gasteiger partial charge in [0.25, 0.3) is 5.91 Å². The largest absolute Gasteiger partial charge is 0.492 e. The molecule has 0 saturated carbocycles. The Balaban J connectivity index is 1.57. The standard InChI is InChI=1S/C24H26FN3O4/c1-16-22(11-12-23(29)31-3)17(2)28(27-16)20-9-7-18(8-10-20)24(30)26-13-14-32-21-6-4-5-19(25)15-21/h4-10,15H,11-14H2,1-3H3,(H,26,30). The first-order valence-corrected chi connectivity index (χ1v) is 10.3. The minimum Gasteiger partial charge on any atom is -0.492 e. The molecule has 0 spiro atoms. The molecule has 1 aromatic heterocycles. The van der Waals surface area contributed by atoms with Crippen LogP contribution in [0.3, 0.4) is 0 Å². The highest BCUT2D eigenvalue weighted by atomic mass is 19.1. The summed E-state index contributed by atoms with van der Waals surface area (Å²) in [5.74, 6) is -0.441. The van der Waals surface area contributed by atoms with Gasteiger partial charge in [-0.25, -0.2) is 9.07 Å². The fourth-order valence-corrected chi connectivity index (χ4v) is 3.36. The van der Waals surface area contributed by atoms with Gasteiger partial charge in [0.1, 0.15) is 18.2 Å². The predicted molar refractivity (Wildman–Crippen MR) is 118 cm³/mol. The van der Waals surface area contributed by atoms with Crippen molar-refractivity contribution in [1.82, 2.24) is 15.1 Å². The van der Waals surface area contributed by atoms with Gasteiger partial charge in [-0.05, 0) is 62.2 Å². The van der Waals surface area contributed by atoms with Gasteiger partial charge in [-0.15, -0.1) is 0 Å². The Labute approximate surface area is 186 Å². The molecule has 7 nitrogen and oxygen atoms in total. The highest BCUT2D eigenvalue weighted by Gasteiger charge is 2.15. The number of amides is 1. The normalized spacial score (nSPS) is 10.6. The molecule has 0 saturated heterocycles. The van der Waals surface area contributed by atoms with Crippen molar-refractivity contribution in [3.63, 3.8) is 0 Å². The SMILES string of the molecule is COC(=O)CCc1c(C)nn(-c2ccc(C(=O)NCCOc3cccc(F)c3)cc2)c1C. The molecule has 0 fully saturated rings. The van der Waals surface area contributed by atoms with Crippen molar-refractivity contribution < 1.29 is 23.5 Å². The van der Waals surface area contributed by atoms with Crippen LogP contribution in [0.15, 0.2) is 48.5 Å². The Kier molecular flexibility index (Phi) is 7.59. The van der Waals surface area contributed by atoms with Crippen molar-refractivity contribution in [2.24, 2.45) is 0 Å². The minimum absolute atomic E-state index is 0.230. The monoisotopic (exact) mass is 439 g/mol. The lowest BCUT2D eigenvalue weighted by Crippen LogP contribution is -2.28. The maximum Gasteiger partial charge on any atom is 0.305 e. The van der Waals surface area contributed by atoms with Crippen molar-refractivity contribution in [1.29, 1.82) is 0 Å². The molecule has 8 heteroatoms. The number of hydrogen-bond donors (Lipinski definition) is 1. The number of carbonyl (C=O) groups is 2. The van der Waals surface area contributed by atoms with Crippen molar-refractivity contribution >= 4 is 11.9 Å². The number of nitrogens with one attached hydrogen (secondary N) is 1. The van der Waals surface area contributed by atoms with Crippen LogP contribution in [0.5, 0.6) is 5.75 Å². The summed E-state index contributed by atoms with van der Waals surface area (Å²) in [5.41, 5.74) is 4.13. The molecule has 3 aromatic rings. The van der Waals surface area contributed by atoms with Gasteiger partial charge in [0.15, 0.2) is 0 Å². The van der Waals surface area contributed by atoms with E-state index in [0.717, 1.165) is 22.6 Å². The molecule has 0 aliphatic carbocycles. The Morgan fingerprint density at radius 1 is 1.12 bits per heavy atom. The Hall–Kier alpha value is -3.68. The summed E-state index contributed by atoms with van der Waals surface area (Å²) in [6, 6.07) is 12.9. The summed E-state index contributed by atoms with van der Waals surface area (Å²) in [6.07, 6.45) is 0.856. The Morgan fingerprint density at radius 3 is 2.56 bits per heavy atom. The number of nitrogens with zero attached hydrogens (tertiary/aromatic N) is 2. The Morgan fingerprint density at radius 2 is 1.88 bits per heavy atom. The second-order valence-electron chi connectivity index (χ2n) is 7.25. The highest BCUT2D eigenvalue weighted by Crippen LogP contribution is 2.20.